The fourth-order valence-corrected chi connectivity index (χ4v) is 3.44. The summed E-state index contributed by atoms with van der Waals surface area (Å²) in [5, 5.41) is 0. The highest BCUT2D eigenvalue weighted by atomic mass is 16.5. The maximum absolute atomic E-state index is 12.9. The number of nitrogens with zero attached hydrogens (tertiary/aromatic N) is 1. The summed E-state index contributed by atoms with van der Waals surface area (Å²) in [7, 11) is 1.85. The highest BCUT2D eigenvalue weighted by molar-refractivity contribution is 6.05. The van der Waals surface area contributed by atoms with Crippen LogP contribution >= 0.6 is 0 Å². The Balaban J connectivity index is 2.41. The van der Waals surface area contributed by atoms with Gasteiger partial charge in [-0.1, -0.05) is 48.2 Å². The van der Waals surface area contributed by atoms with E-state index in [4.69, 9.17) is 4.74 Å². The van der Waals surface area contributed by atoms with Crippen molar-refractivity contribution in [3.8, 4) is 23.1 Å². The molecule has 0 aliphatic carbocycles. The van der Waals surface area contributed by atoms with E-state index in [1.807, 2.05) is 79.2 Å². The Bertz CT molecular complexity index is 1150. The van der Waals surface area contributed by atoms with Crippen molar-refractivity contribution < 1.29 is 18.9 Å². The van der Waals surface area contributed by atoms with Crippen LogP contribution in [0.3, 0.4) is 0 Å². The molecular weight excluding hydrogens is 374 g/mol. The molecule has 0 aliphatic rings. The average molecular weight is 398 g/mol. The molecular formula is C26H24NO3+. The van der Waals surface area contributed by atoms with Crippen LogP contribution in [0.15, 0.2) is 60.7 Å². The van der Waals surface area contributed by atoms with Crippen molar-refractivity contribution in [1.82, 2.24) is 0 Å². The van der Waals surface area contributed by atoms with Crippen molar-refractivity contribution in [2.75, 3.05) is 6.61 Å². The highest BCUT2D eigenvalue weighted by Gasteiger charge is 2.32. The minimum absolute atomic E-state index is 0.160. The lowest BCUT2D eigenvalue weighted by atomic mass is 9.92. The maximum Gasteiger partial charge on any atom is 0.345 e. The molecule has 0 saturated heterocycles. The lowest BCUT2D eigenvalue weighted by molar-refractivity contribution is -0.666. The summed E-state index contributed by atoms with van der Waals surface area (Å²) in [6, 6.07) is 19.1. The number of ketones is 1. The number of carbonyl (C=O) groups is 2. The van der Waals surface area contributed by atoms with Crippen molar-refractivity contribution in [2.45, 2.75) is 20.8 Å². The molecule has 0 aliphatic heterocycles. The second-order valence-electron chi connectivity index (χ2n) is 6.88. The van der Waals surface area contributed by atoms with Gasteiger partial charge in [-0.3, -0.25) is 4.79 Å². The second kappa shape index (κ2) is 9.19. The monoisotopic (exact) mass is 398 g/mol. The Labute approximate surface area is 177 Å². The Morgan fingerprint density at radius 1 is 0.933 bits per heavy atom. The predicted octanol–water partition coefficient (Wildman–Crippen LogP) is 4.27. The third kappa shape index (κ3) is 4.16. The van der Waals surface area contributed by atoms with Gasteiger partial charge in [-0.25, -0.2) is 4.79 Å². The van der Waals surface area contributed by atoms with Gasteiger partial charge in [0.25, 0.3) is 0 Å². The van der Waals surface area contributed by atoms with E-state index in [1.165, 1.54) is 6.92 Å². The van der Waals surface area contributed by atoms with Crippen LogP contribution in [0.5, 0.6) is 0 Å². The van der Waals surface area contributed by atoms with Crippen LogP contribution < -0.4 is 4.57 Å². The SMILES string of the molecule is CCOC(=O)c1c(C#Cc2ccccc2)c(C(C)=O)c(-c2ccccc2)[n+](C)c1C. The zero-order chi connectivity index (χ0) is 21.7. The molecule has 0 atom stereocenters. The zero-order valence-electron chi connectivity index (χ0n) is 17.7. The summed E-state index contributed by atoms with van der Waals surface area (Å²) < 4.78 is 7.17. The molecule has 1 heterocycles. The first-order valence-electron chi connectivity index (χ1n) is 9.82. The molecule has 0 unspecified atom stereocenters. The number of benzene rings is 2. The van der Waals surface area contributed by atoms with Gasteiger partial charge < -0.3 is 4.74 Å². The van der Waals surface area contributed by atoms with E-state index in [9.17, 15) is 9.59 Å². The van der Waals surface area contributed by atoms with Gasteiger partial charge in [-0.15, -0.1) is 0 Å². The summed E-state index contributed by atoms with van der Waals surface area (Å²) in [5.41, 5.74) is 4.24. The highest BCUT2D eigenvalue weighted by Crippen LogP contribution is 2.28. The molecule has 0 radical (unpaired) electrons. The van der Waals surface area contributed by atoms with Gasteiger partial charge in [0.15, 0.2) is 11.5 Å². The fraction of sp³-hybridized carbons (Fsp3) is 0.192. The predicted molar refractivity (Wildman–Crippen MR) is 116 cm³/mol. The molecule has 0 N–H and O–H groups in total. The van der Waals surface area contributed by atoms with Crippen molar-refractivity contribution >= 4 is 11.8 Å². The van der Waals surface area contributed by atoms with Gasteiger partial charge in [-0.2, -0.15) is 4.57 Å². The van der Waals surface area contributed by atoms with E-state index in [0.29, 0.717) is 22.4 Å². The number of aromatic nitrogens is 1. The van der Waals surface area contributed by atoms with E-state index < -0.39 is 5.97 Å². The number of hydrogen-bond donors (Lipinski definition) is 0. The molecule has 4 nitrogen and oxygen atoms in total. The first-order valence-corrected chi connectivity index (χ1v) is 9.82. The fourth-order valence-electron chi connectivity index (χ4n) is 3.44. The molecule has 2 aromatic carbocycles. The summed E-state index contributed by atoms with van der Waals surface area (Å²) in [6.45, 7) is 5.34. The van der Waals surface area contributed by atoms with Crippen LogP contribution in [0.1, 0.15) is 51.4 Å². The van der Waals surface area contributed by atoms with Gasteiger partial charge in [0.1, 0.15) is 18.2 Å². The van der Waals surface area contributed by atoms with Gasteiger partial charge in [-0.05, 0) is 38.1 Å². The molecule has 1 aromatic heterocycles. The Kier molecular flexibility index (Phi) is 6.44. The van der Waals surface area contributed by atoms with Crippen LogP contribution in [0.25, 0.3) is 11.3 Å². The second-order valence-corrected chi connectivity index (χ2v) is 6.88. The molecule has 150 valence electrons. The van der Waals surface area contributed by atoms with E-state index in [0.717, 1.165) is 16.8 Å². The van der Waals surface area contributed by atoms with E-state index in [-0.39, 0.29) is 12.4 Å². The van der Waals surface area contributed by atoms with Crippen molar-refractivity contribution in [1.29, 1.82) is 0 Å². The standard InChI is InChI=1S/C26H24NO3/c1-5-30-26(29)23-18(2)27(4)25(21-14-10-7-11-15-21)24(19(3)28)22(23)17-16-20-12-8-6-9-13-20/h6-15H,5H2,1-4H3/q+1. The number of pyridine rings is 1. The van der Waals surface area contributed by atoms with Crippen LogP contribution in [-0.2, 0) is 11.8 Å². The Morgan fingerprint density at radius 2 is 1.53 bits per heavy atom. The normalized spacial score (nSPS) is 10.1. The lowest BCUT2D eigenvalue weighted by Crippen LogP contribution is -2.40. The minimum Gasteiger partial charge on any atom is -0.462 e. The van der Waals surface area contributed by atoms with Crippen molar-refractivity contribution in [3.05, 3.63) is 88.6 Å². The molecule has 3 aromatic rings. The van der Waals surface area contributed by atoms with Gasteiger partial charge in [0.2, 0.25) is 5.69 Å². The van der Waals surface area contributed by atoms with Crippen molar-refractivity contribution in [3.63, 3.8) is 0 Å². The number of esters is 1. The maximum atomic E-state index is 12.9. The topological polar surface area (TPSA) is 47.3 Å². The van der Waals surface area contributed by atoms with Gasteiger partial charge in [0.05, 0.1) is 12.2 Å². The molecule has 4 heteroatoms. The summed E-state index contributed by atoms with van der Waals surface area (Å²) in [5.74, 6) is 5.57. The third-order valence-corrected chi connectivity index (χ3v) is 4.92. The molecule has 0 spiro atoms. The molecule has 0 fully saturated rings. The summed E-state index contributed by atoms with van der Waals surface area (Å²) in [6.07, 6.45) is 0. The number of carbonyl (C=O) groups excluding carboxylic acids is 2. The molecule has 0 saturated carbocycles. The molecule has 0 bridgehead atoms. The van der Waals surface area contributed by atoms with E-state index in [1.54, 1.807) is 6.92 Å². The lowest BCUT2D eigenvalue weighted by Gasteiger charge is -2.14. The number of rotatable bonds is 4. The van der Waals surface area contributed by atoms with Gasteiger partial charge >= 0.3 is 5.97 Å². The van der Waals surface area contributed by atoms with Crippen LogP contribution in [-0.4, -0.2) is 18.4 Å². The molecule has 3 rings (SSSR count). The molecule has 0 amide bonds. The Morgan fingerprint density at radius 3 is 2.10 bits per heavy atom. The summed E-state index contributed by atoms with van der Waals surface area (Å²) >= 11 is 0. The van der Waals surface area contributed by atoms with Crippen LogP contribution in [0, 0.1) is 18.8 Å². The molecule has 30 heavy (non-hydrogen) atoms. The van der Waals surface area contributed by atoms with Crippen LogP contribution in [0.4, 0.5) is 0 Å². The van der Waals surface area contributed by atoms with Crippen molar-refractivity contribution in [2.24, 2.45) is 7.05 Å². The smallest absolute Gasteiger partial charge is 0.345 e. The number of ether oxygens (including phenoxy) is 1. The Hall–Kier alpha value is -3.71. The first kappa shape index (κ1) is 21.0. The number of hydrogen-bond acceptors (Lipinski definition) is 3. The largest absolute Gasteiger partial charge is 0.462 e. The zero-order valence-corrected chi connectivity index (χ0v) is 17.7. The minimum atomic E-state index is -0.481. The quantitative estimate of drug-likeness (QED) is 0.285. The van der Waals surface area contributed by atoms with Gasteiger partial charge in [0, 0.05) is 18.1 Å². The van der Waals surface area contributed by atoms with E-state index in [2.05, 4.69) is 11.8 Å². The van der Waals surface area contributed by atoms with Crippen LogP contribution in [0.2, 0.25) is 0 Å². The third-order valence-electron chi connectivity index (χ3n) is 4.92. The number of Topliss-reactive ketones (excluding diaryl/α,β-unsaturated/α-hetero) is 1. The average Bonchev–Trinajstić information content (AvgIpc) is 2.75. The summed E-state index contributed by atoms with van der Waals surface area (Å²) in [4.78, 5) is 25.7. The van der Waals surface area contributed by atoms with E-state index >= 15 is 0 Å². The first-order chi connectivity index (χ1) is 14.5.